The Morgan fingerprint density at radius 3 is 2.60 bits per heavy atom. The standard InChI is InChI=1S/C18H16N2O4S/c1-11(21)24-13-8-6-12(7-9-13)19-17(22)10-16-18(23)20-14-4-2-3-5-15(14)25-16/h2-9,16H,10H2,1H3,(H,19,22)(H,20,23)/t16-/m0/s1. The number of carbonyl (C=O) groups is 3. The van der Waals surface area contributed by atoms with Crippen LogP contribution in [0.15, 0.2) is 53.4 Å². The average molecular weight is 356 g/mol. The van der Waals surface area contributed by atoms with Crippen molar-refractivity contribution in [2.75, 3.05) is 10.6 Å². The van der Waals surface area contributed by atoms with Crippen molar-refractivity contribution in [3.63, 3.8) is 0 Å². The molecule has 1 aliphatic heterocycles. The van der Waals surface area contributed by atoms with Gasteiger partial charge in [0.15, 0.2) is 0 Å². The van der Waals surface area contributed by atoms with Crippen LogP contribution in [0.5, 0.6) is 5.75 Å². The summed E-state index contributed by atoms with van der Waals surface area (Å²) < 4.78 is 4.94. The molecule has 2 N–H and O–H groups in total. The van der Waals surface area contributed by atoms with E-state index in [2.05, 4.69) is 10.6 Å². The van der Waals surface area contributed by atoms with E-state index < -0.39 is 11.2 Å². The summed E-state index contributed by atoms with van der Waals surface area (Å²) in [5.41, 5.74) is 1.35. The molecule has 128 valence electrons. The lowest BCUT2D eigenvalue weighted by molar-refractivity contribution is -0.131. The molecule has 0 fully saturated rings. The molecule has 0 saturated heterocycles. The summed E-state index contributed by atoms with van der Waals surface area (Å²) in [4.78, 5) is 36.2. The topological polar surface area (TPSA) is 84.5 Å². The maximum absolute atomic E-state index is 12.2. The first-order valence-corrected chi connectivity index (χ1v) is 8.54. The highest BCUT2D eigenvalue weighted by molar-refractivity contribution is 8.01. The highest BCUT2D eigenvalue weighted by Gasteiger charge is 2.28. The van der Waals surface area contributed by atoms with Crippen LogP contribution in [-0.4, -0.2) is 23.0 Å². The third-order valence-corrected chi connectivity index (χ3v) is 4.75. The third-order valence-electron chi connectivity index (χ3n) is 3.48. The van der Waals surface area contributed by atoms with E-state index in [0.29, 0.717) is 11.4 Å². The van der Waals surface area contributed by atoms with Crippen LogP contribution >= 0.6 is 11.8 Å². The van der Waals surface area contributed by atoms with Crippen molar-refractivity contribution in [2.24, 2.45) is 0 Å². The zero-order valence-electron chi connectivity index (χ0n) is 13.4. The third kappa shape index (κ3) is 4.39. The second kappa shape index (κ2) is 7.40. The first-order valence-electron chi connectivity index (χ1n) is 7.66. The Kier molecular flexibility index (Phi) is 5.04. The Hall–Kier alpha value is -2.80. The Bertz CT molecular complexity index is 820. The molecule has 0 aliphatic carbocycles. The molecule has 7 heteroatoms. The number of thioether (sulfide) groups is 1. The number of ether oxygens (including phenoxy) is 1. The maximum Gasteiger partial charge on any atom is 0.308 e. The minimum absolute atomic E-state index is 0.0660. The summed E-state index contributed by atoms with van der Waals surface area (Å²) in [6, 6.07) is 14.0. The van der Waals surface area contributed by atoms with Gasteiger partial charge in [-0.25, -0.2) is 0 Å². The SMILES string of the molecule is CC(=O)Oc1ccc(NC(=O)C[C@@H]2Sc3ccccc3NC2=O)cc1. The lowest BCUT2D eigenvalue weighted by atomic mass is 10.2. The summed E-state index contributed by atoms with van der Waals surface area (Å²) in [6.07, 6.45) is 0.0660. The number of fused-ring (bicyclic) bond motifs is 1. The van der Waals surface area contributed by atoms with E-state index in [9.17, 15) is 14.4 Å². The fourth-order valence-corrected chi connectivity index (χ4v) is 3.49. The number of anilines is 2. The van der Waals surface area contributed by atoms with Gasteiger partial charge in [0.2, 0.25) is 11.8 Å². The second-order valence-electron chi connectivity index (χ2n) is 5.46. The van der Waals surface area contributed by atoms with Crippen LogP contribution in [0.1, 0.15) is 13.3 Å². The Balaban J connectivity index is 1.59. The number of hydrogen-bond acceptors (Lipinski definition) is 5. The number of amides is 2. The van der Waals surface area contributed by atoms with Crippen LogP contribution in [0.25, 0.3) is 0 Å². The van der Waals surface area contributed by atoms with Crippen LogP contribution in [0.3, 0.4) is 0 Å². The summed E-state index contributed by atoms with van der Waals surface area (Å²) in [6.45, 7) is 1.32. The summed E-state index contributed by atoms with van der Waals surface area (Å²) in [5, 5.41) is 5.08. The molecule has 2 amide bonds. The molecule has 1 aliphatic rings. The van der Waals surface area contributed by atoms with Gasteiger partial charge in [0, 0.05) is 23.9 Å². The Morgan fingerprint density at radius 2 is 1.88 bits per heavy atom. The van der Waals surface area contributed by atoms with Crippen LogP contribution in [-0.2, 0) is 14.4 Å². The smallest absolute Gasteiger partial charge is 0.308 e. The second-order valence-corrected chi connectivity index (χ2v) is 6.71. The monoisotopic (exact) mass is 356 g/mol. The molecule has 0 saturated carbocycles. The van der Waals surface area contributed by atoms with Gasteiger partial charge in [0.1, 0.15) is 5.75 Å². The first-order chi connectivity index (χ1) is 12.0. The van der Waals surface area contributed by atoms with Crippen molar-refractivity contribution in [1.82, 2.24) is 0 Å². The van der Waals surface area contributed by atoms with Gasteiger partial charge >= 0.3 is 5.97 Å². The van der Waals surface area contributed by atoms with Gasteiger partial charge in [0.05, 0.1) is 10.9 Å². The molecule has 2 aromatic rings. The van der Waals surface area contributed by atoms with E-state index in [0.717, 1.165) is 10.6 Å². The van der Waals surface area contributed by atoms with E-state index in [1.54, 1.807) is 24.3 Å². The van der Waals surface area contributed by atoms with Gasteiger partial charge in [-0.05, 0) is 36.4 Å². The fraction of sp³-hybridized carbons (Fsp3) is 0.167. The lowest BCUT2D eigenvalue weighted by Gasteiger charge is -2.23. The van der Waals surface area contributed by atoms with Crippen LogP contribution < -0.4 is 15.4 Å². The van der Waals surface area contributed by atoms with E-state index in [4.69, 9.17) is 4.74 Å². The zero-order chi connectivity index (χ0) is 17.8. The molecule has 25 heavy (non-hydrogen) atoms. The summed E-state index contributed by atoms with van der Waals surface area (Å²) in [7, 11) is 0. The van der Waals surface area contributed by atoms with Crippen molar-refractivity contribution in [3.05, 3.63) is 48.5 Å². The fourth-order valence-electron chi connectivity index (χ4n) is 2.38. The highest BCUT2D eigenvalue weighted by atomic mass is 32.2. The van der Waals surface area contributed by atoms with Crippen molar-refractivity contribution in [3.8, 4) is 5.75 Å². The van der Waals surface area contributed by atoms with Gasteiger partial charge in [-0.15, -0.1) is 11.8 Å². The number of para-hydroxylation sites is 1. The zero-order valence-corrected chi connectivity index (χ0v) is 14.3. The Morgan fingerprint density at radius 1 is 1.16 bits per heavy atom. The van der Waals surface area contributed by atoms with Gasteiger partial charge in [-0.3, -0.25) is 14.4 Å². The molecule has 0 aromatic heterocycles. The van der Waals surface area contributed by atoms with Crippen LogP contribution in [0.4, 0.5) is 11.4 Å². The number of esters is 1. The van der Waals surface area contributed by atoms with Crippen molar-refractivity contribution in [1.29, 1.82) is 0 Å². The van der Waals surface area contributed by atoms with Crippen molar-refractivity contribution in [2.45, 2.75) is 23.5 Å². The van der Waals surface area contributed by atoms with Crippen LogP contribution in [0.2, 0.25) is 0 Å². The van der Waals surface area contributed by atoms with E-state index >= 15 is 0 Å². The molecule has 0 unspecified atom stereocenters. The molecule has 6 nitrogen and oxygen atoms in total. The Labute approximate surface area is 148 Å². The van der Waals surface area contributed by atoms with E-state index in [-0.39, 0.29) is 18.2 Å². The predicted octanol–water partition coefficient (Wildman–Crippen LogP) is 3.05. The number of benzene rings is 2. The molecule has 0 radical (unpaired) electrons. The lowest BCUT2D eigenvalue weighted by Crippen LogP contribution is -2.32. The normalized spacial score (nSPS) is 15.7. The molecule has 2 aromatic carbocycles. The van der Waals surface area contributed by atoms with E-state index in [1.807, 2.05) is 24.3 Å². The number of nitrogens with one attached hydrogen (secondary N) is 2. The molecular weight excluding hydrogens is 340 g/mol. The van der Waals surface area contributed by atoms with Gasteiger partial charge in [-0.2, -0.15) is 0 Å². The summed E-state index contributed by atoms with van der Waals surface area (Å²) in [5.74, 6) is -0.432. The highest BCUT2D eigenvalue weighted by Crippen LogP contribution is 2.36. The number of rotatable bonds is 4. The number of hydrogen-bond donors (Lipinski definition) is 2. The van der Waals surface area contributed by atoms with Gasteiger partial charge < -0.3 is 15.4 Å². The van der Waals surface area contributed by atoms with Gasteiger partial charge in [0.25, 0.3) is 0 Å². The largest absolute Gasteiger partial charge is 0.427 e. The van der Waals surface area contributed by atoms with E-state index in [1.165, 1.54) is 18.7 Å². The maximum atomic E-state index is 12.2. The average Bonchev–Trinajstić information content (AvgIpc) is 2.57. The molecule has 0 spiro atoms. The van der Waals surface area contributed by atoms with Gasteiger partial charge in [-0.1, -0.05) is 12.1 Å². The molecule has 1 heterocycles. The quantitative estimate of drug-likeness (QED) is 0.650. The minimum atomic E-state index is -0.477. The predicted molar refractivity (Wildman–Crippen MR) is 95.7 cm³/mol. The van der Waals surface area contributed by atoms with Crippen LogP contribution in [0, 0.1) is 0 Å². The molecule has 0 bridgehead atoms. The molecule has 1 atom stereocenters. The molecular formula is C18H16N2O4S. The summed E-state index contributed by atoms with van der Waals surface area (Å²) >= 11 is 1.38. The van der Waals surface area contributed by atoms with Crippen molar-refractivity contribution >= 4 is 40.9 Å². The number of carbonyl (C=O) groups excluding carboxylic acids is 3. The molecule has 3 rings (SSSR count). The minimum Gasteiger partial charge on any atom is -0.427 e. The van der Waals surface area contributed by atoms with Crippen molar-refractivity contribution < 1.29 is 19.1 Å². The first kappa shape index (κ1) is 17.0.